The Morgan fingerprint density at radius 3 is 2.60 bits per heavy atom. The van der Waals surface area contributed by atoms with Crippen molar-refractivity contribution in [3.63, 3.8) is 0 Å². The Kier molecular flexibility index (Phi) is 5.12. The fraction of sp³-hybridized carbons (Fsp3) is 0.615. The Morgan fingerprint density at radius 2 is 2.15 bits per heavy atom. The van der Waals surface area contributed by atoms with Crippen LogP contribution in [0.5, 0.6) is 0 Å². The van der Waals surface area contributed by atoms with Gasteiger partial charge in [0.2, 0.25) is 0 Å². The Balaban J connectivity index is 2.79. The highest BCUT2D eigenvalue weighted by atomic mass is 16.6. The third-order valence-corrected chi connectivity index (χ3v) is 2.45. The summed E-state index contributed by atoms with van der Waals surface area (Å²) in [7, 11) is 0. The van der Waals surface area contributed by atoms with Crippen molar-refractivity contribution in [3.8, 4) is 0 Å². The molecule has 2 N–H and O–H groups in total. The number of hydrogen-bond donors (Lipinski definition) is 2. The first-order chi connectivity index (χ1) is 9.21. The molecule has 1 heterocycles. The maximum atomic E-state index is 11.7. The minimum absolute atomic E-state index is 0.228. The zero-order valence-corrected chi connectivity index (χ0v) is 12.2. The summed E-state index contributed by atoms with van der Waals surface area (Å²) in [4.78, 5) is 22.7. The summed E-state index contributed by atoms with van der Waals surface area (Å²) in [6, 6.07) is -0.664. The molecule has 0 saturated carbocycles. The number of aromatic nitrogens is 2. The molecule has 0 fully saturated rings. The molecule has 0 aliphatic heterocycles. The van der Waals surface area contributed by atoms with Crippen molar-refractivity contribution in [1.82, 2.24) is 15.1 Å². The monoisotopic (exact) mass is 283 g/mol. The van der Waals surface area contributed by atoms with E-state index in [1.54, 1.807) is 37.8 Å². The van der Waals surface area contributed by atoms with Crippen molar-refractivity contribution in [2.45, 2.75) is 52.3 Å². The second-order valence-electron chi connectivity index (χ2n) is 5.43. The van der Waals surface area contributed by atoms with Crippen LogP contribution in [0.2, 0.25) is 0 Å². The molecule has 1 aromatic heterocycles. The topological polar surface area (TPSA) is 93.5 Å². The minimum atomic E-state index is -1.00. The lowest BCUT2D eigenvalue weighted by molar-refractivity contribution is -0.137. The highest BCUT2D eigenvalue weighted by molar-refractivity contribution is 5.72. The van der Waals surface area contributed by atoms with Crippen LogP contribution in [0, 0.1) is 0 Å². The van der Waals surface area contributed by atoms with Crippen molar-refractivity contribution in [2.24, 2.45) is 0 Å². The van der Waals surface area contributed by atoms with E-state index in [1.807, 2.05) is 6.92 Å². The number of hydrogen-bond acceptors (Lipinski definition) is 4. The lowest BCUT2D eigenvalue weighted by Crippen LogP contribution is -2.35. The number of carbonyl (C=O) groups is 2. The smallest absolute Gasteiger partial charge is 0.408 e. The lowest BCUT2D eigenvalue weighted by atomic mass is 10.1. The number of carbonyl (C=O) groups excluding carboxylic acids is 1. The summed E-state index contributed by atoms with van der Waals surface area (Å²) in [5, 5.41) is 15.6. The van der Waals surface area contributed by atoms with Crippen LogP contribution in [-0.4, -0.2) is 32.6 Å². The number of alkyl carbamates (subject to hydrolysis) is 1. The van der Waals surface area contributed by atoms with E-state index in [4.69, 9.17) is 9.84 Å². The van der Waals surface area contributed by atoms with Crippen LogP contribution in [0.25, 0.3) is 0 Å². The Bertz CT molecular complexity index is 476. The average Bonchev–Trinajstić information content (AvgIpc) is 2.73. The van der Waals surface area contributed by atoms with E-state index in [2.05, 4.69) is 10.4 Å². The molecule has 112 valence electrons. The van der Waals surface area contributed by atoms with Crippen LogP contribution >= 0.6 is 0 Å². The first-order valence-corrected chi connectivity index (χ1v) is 6.45. The maximum Gasteiger partial charge on any atom is 0.408 e. The van der Waals surface area contributed by atoms with E-state index < -0.39 is 23.7 Å². The molecule has 7 nitrogen and oxygen atoms in total. The lowest BCUT2D eigenvalue weighted by Gasteiger charge is -2.22. The van der Waals surface area contributed by atoms with Crippen molar-refractivity contribution in [3.05, 3.63) is 18.0 Å². The molecule has 1 amide bonds. The highest BCUT2D eigenvalue weighted by Crippen LogP contribution is 2.17. The SMILES string of the molecule is CCn1cc([C@H](CC(=O)O)NC(=O)OC(C)(C)C)cn1. The van der Waals surface area contributed by atoms with Crippen molar-refractivity contribution in [1.29, 1.82) is 0 Å². The van der Waals surface area contributed by atoms with Gasteiger partial charge in [-0.3, -0.25) is 9.48 Å². The summed E-state index contributed by atoms with van der Waals surface area (Å²) < 4.78 is 6.80. The molecule has 1 atom stereocenters. The zero-order chi connectivity index (χ0) is 15.3. The van der Waals surface area contributed by atoms with Gasteiger partial charge in [-0.05, 0) is 27.7 Å². The number of ether oxygens (including phenoxy) is 1. The third kappa shape index (κ3) is 5.29. The van der Waals surface area contributed by atoms with Crippen molar-refractivity contribution >= 4 is 12.1 Å². The van der Waals surface area contributed by atoms with E-state index in [9.17, 15) is 9.59 Å². The summed E-state index contributed by atoms with van der Waals surface area (Å²) in [6.07, 6.45) is 2.39. The molecule has 0 radical (unpaired) electrons. The Labute approximate surface area is 117 Å². The van der Waals surface area contributed by atoms with Gasteiger partial charge < -0.3 is 15.2 Å². The number of nitrogens with zero attached hydrogens (tertiary/aromatic N) is 2. The normalized spacial score (nSPS) is 12.8. The molecular weight excluding hydrogens is 262 g/mol. The fourth-order valence-electron chi connectivity index (χ4n) is 1.61. The van der Waals surface area contributed by atoms with Gasteiger partial charge in [-0.2, -0.15) is 5.10 Å². The summed E-state index contributed by atoms with van der Waals surface area (Å²) in [6.45, 7) is 7.83. The van der Waals surface area contributed by atoms with E-state index in [1.165, 1.54) is 0 Å². The largest absolute Gasteiger partial charge is 0.481 e. The standard InChI is InChI=1S/C13H21N3O4/c1-5-16-8-9(7-14-16)10(6-11(17)18)15-12(19)20-13(2,3)4/h7-8,10H,5-6H2,1-4H3,(H,15,19)(H,17,18)/t10-/m0/s1. The Morgan fingerprint density at radius 1 is 1.50 bits per heavy atom. The number of carboxylic acids is 1. The molecule has 1 rings (SSSR count). The summed E-state index contributed by atoms with van der Waals surface area (Å²) in [5.74, 6) is -1.00. The second kappa shape index (κ2) is 6.40. The fourth-order valence-corrected chi connectivity index (χ4v) is 1.61. The van der Waals surface area contributed by atoms with Gasteiger partial charge in [0, 0.05) is 18.3 Å². The van der Waals surface area contributed by atoms with E-state index in [0.717, 1.165) is 0 Å². The predicted octanol–water partition coefficient (Wildman–Crippen LogP) is 1.94. The molecule has 0 aliphatic carbocycles. The number of rotatable bonds is 5. The average molecular weight is 283 g/mol. The second-order valence-corrected chi connectivity index (χ2v) is 5.43. The first-order valence-electron chi connectivity index (χ1n) is 6.45. The van der Waals surface area contributed by atoms with Crippen molar-refractivity contribution in [2.75, 3.05) is 0 Å². The number of carboxylic acid groups (broad SMARTS) is 1. The van der Waals surface area contributed by atoms with E-state index in [-0.39, 0.29) is 6.42 Å². The number of nitrogens with one attached hydrogen (secondary N) is 1. The third-order valence-electron chi connectivity index (χ3n) is 2.45. The van der Waals surface area contributed by atoms with Gasteiger partial charge in [0.25, 0.3) is 0 Å². The van der Waals surface area contributed by atoms with Gasteiger partial charge in [-0.15, -0.1) is 0 Å². The molecule has 0 aromatic carbocycles. The van der Waals surface area contributed by atoms with Gasteiger partial charge in [0.15, 0.2) is 0 Å². The van der Waals surface area contributed by atoms with Crippen LogP contribution in [0.15, 0.2) is 12.4 Å². The molecule has 0 saturated heterocycles. The minimum Gasteiger partial charge on any atom is -0.481 e. The summed E-state index contributed by atoms with van der Waals surface area (Å²) >= 11 is 0. The number of amides is 1. The van der Waals surface area contributed by atoms with Gasteiger partial charge >= 0.3 is 12.1 Å². The first kappa shape index (κ1) is 16.0. The van der Waals surface area contributed by atoms with Gasteiger partial charge in [0.1, 0.15) is 5.60 Å². The van der Waals surface area contributed by atoms with Crippen LogP contribution < -0.4 is 5.32 Å². The highest BCUT2D eigenvalue weighted by Gasteiger charge is 2.23. The molecule has 0 aliphatic rings. The van der Waals surface area contributed by atoms with Crippen LogP contribution in [0.4, 0.5) is 4.79 Å². The predicted molar refractivity (Wildman–Crippen MR) is 72.3 cm³/mol. The molecule has 20 heavy (non-hydrogen) atoms. The quantitative estimate of drug-likeness (QED) is 0.861. The van der Waals surface area contributed by atoms with Gasteiger partial charge in [-0.1, -0.05) is 0 Å². The molecule has 0 spiro atoms. The van der Waals surface area contributed by atoms with Crippen LogP contribution in [-0.2, 0) is 16.1 Å². The summed E-state index contributed by atoms with van der Waals surface area (Å²) in [5.41, 5.74) is 0.00551. The van der Waals surface area contributed by atoms with Crippen molar-refractivity contribution < 1.29 is 19.4 Å². The zero-order valence-electron chi connectivity index (χ0n) is 12.2. The maximum absolute atomic E-state index is 11.7. The molecule has 0 bridgehead atoms. The molecular formula is C13H21N3O4. The number of aryl methyl sites for hydroxylation is 1. The van der Waals surface area contributed by atoms with E-state index in [0.29, 0.717) is 12.1 Å². The molecule has 0 unspecified atom stereocenters. The van der Waals surface area contributed by atoms with Crippen LogP contribution in [0.3, 0.4) is 0 Å². The van der Waals surface area contributed by atoms with E-state index >= 15 is 0 Å². The molecule has 1 aromatic rings. The number of aliphatic carboxylic acids is 1. The Hall–Kier alpha value is -2.05. The van der Waals surface area contributed by atoms with Crippen LogP contribution in [0.1, 0.15) is 45.7 Å². The molecule has 7 heteroatoms. The van der Waals surface area contributed by atoms with Gasteiger partial charge in [-0.25, -0.2) is 4.79 Å². The van der Waals surface area contributed by atoms with Gasteiger partial charge in [0.05, 0.1) is 18.7 Å².